The van der Waals surface area contributed by atoms with Crippen LogP contribution >= 0.6 is 11.6 Å². The number of hydrogen-bond donors (Lipinski definition) is 2. The average Bonchev–Trinajstić information content (AvgIpc) is 2.94. The Labute approximate surface area is 230 Å². The van der Waals surface area contributed by atoms with Gasteiger partial charge in [0.1, 0.15) is 5.75 Å². The Morgan fingerprint density at radius 3 is 2.00 bits per heavy atom. The molecule has 38 heavy (non-hydrogen) atoms. The fourth-order valence-electron chi connectivity index (χ4n) is 4.47. The van der Waals surface area contributed by atoms with Gasteiger partial charge in [0.05, 0.1) is 6.61 Å². The lowest BCUT2D eigenvalue weighted by Crippen LogP contribution is -2.48. The van der Waals surface area contributed by atoms with Gasteiger partial charge in [0, 0.05) is 64.9 Å². The van der Waals surface area contributed by atoms with E-state index < -0.39 is 0 Å². The zero-order valence-corrected chi connectivity index (χ0v) is 23.1. The van der Waals surface area contributed by atoms with Crippen LogP contribution in [0.25, 0.3) is 0 Å². The number of β-amino-alcohol motifs (C(OH)–C–C–N with tert-alkyl or cyclic N) is 1. The molecule has 2 aromatic carbocycles. The molecule has 4 rings (SSSR count). The molecule has 0 atom stereocenters. The van der Waals surface area contributed by atoms with E-state index in [1.165, 1.54) is 5.56 Å². The highest BCUT2D eigenvalue weighted by Crippen LogP contribution is 2.21. The van der Waals surface area contributed by atoms with Gasteiger partial charge in [-0.3, -0.25) is 4.90 Å². The third kappa shape index (κ3) is 7.93. The number of halogens is 1. The Morgan fingerprint density at radius 1 is 0.789 bits per heavy atom. The second-order valence-electron chi connectivity index (χ2n) is 9.78. The SMILES string of the molecule is CN(CCCc1ccc(Cl)cc1)c1nc(N(C)CCc2ccc(O)cc2)nc(N2CCN(CCO)CC2)n1. The molecule has 1 fully saturated rings. The average molecular weight is 540 g/mol. The number of likely N-dealkylation sites (N-methyl/N-ethyl adjacent to an activating group) is 1. The van der Waals surface area contributed by atoms with E-state index in [2.05, 4.69) is 31.7 Å². The van der Waals surface area contributed by atoms with Gasteiger partial charge >= 0.3 is 0 Å². The lowest BCUT2D eigenvalue weighted by atomic mass is 10.1. The minimum absolute atomic E-state index is 0.173. The van der Waals surface area contributed by atoms with Crippen molar-refractivity contribution in [3.8, 4) is 5.75 Å². The van der Waals surface area contributed by atoms with Crippen molar-refractivity contribution in [2.75, 3.05) is 81.2 Å². The number of aryl methyl sites for hydroxylation is 1. The number of nitrogens with zero attached hydrogens (tertiary/aromatic N) is 7. The lowest BCUT2D eigenvalue weighted by molar-refractivity contribution is 0.188. The summed E-state index contributed by atoms with van der Waals surface area (Å²) in [6.45, 7) is 5.76. The van der Waals surface area contributed by atoms with E-state index in [9.17, 15) is 10.2 Å². The van der Waals surface area contributed by atoms with Gasteiger partial charge in [-0.25, -0.2) is 0 Å². The van der Waals surface area contributed by atoms with Crippen LogP contribution in [0.4, 0.5) is 17.8 Å². The van der Waals surface area contributed by atoms with Gasteiger partial charge in [0.15, 0.2) is 0 Å². The van der Waals surface area contributed by atoms with Crippen LogP contribution in [-0.2, 0) is 12.8 Å². The van der Waals surface area contributed by atoms with E-state index in [-0.39, 0.29) is 12.4 Å². The normalized spacial score (nSPS) is 14.1. The zero-order valence-electron chi connectivity index (χ0n) is 22.3. The number of phenolic OH excluding ortho intramolecular Hbond substituents is 1. The first-order chi connectivity index (χ1) is 18.4. The lowest BCUT2D eigenvalue weighted by Gasteiger charge is -2.35. The van der Waals surface area contributed by atoms with Crippen molar-refractivity contribution in [1.82, 2.24) is 19.9 Å². The molecule has 1 aromatic heterocycles. The smallest absolute Gasteiger partial charge is 0.232 e. The summed E-state index contributed by atoms with van der Waals surface area (Å²) in [6.07, 6.45) is 2.72. The van der Waals surface area contributed by atoms with Gasteiger partial charge in [-0.05, 0) is 54.7 Å². The van der Waals surface area contributed by atoms with Crippen molar-refractivity contribution in [1.29, 1.82) is 0 Å². The largest absolute Gasteiger partial charge is 0.508 e. The summed E-state index contributed by atoms with van der Waals surface area (Å²) < 4.78 is 0. The van der Waals surface area contributed by atoms with Crippen molar-refractivity contribution >= 4 is 29.4 Å². The number of rotatable bonds is 12. The van der Waals surface area contributed by atoms with Gasteiger partial charge < -0.3 is 24.9 Å². The number of aromatic hydroxyl groups is 1. The van der Waals surface area contributed by atoms with Crippen LogP contribution in [0, 0.1) is 0 Å². The number of piperazine rings is 1. The summed E-state index contributed by atoms with van der Waals surface area (Å²) >= 11 is 6.02. The van der Waals surface area contributed by atoms with E-state index in [0.717, 1.165) is 69.1 Å². The quantitative estimate of drug-likeness (QED) is 0.360. The fourth-order valence-corrected chi connectivity index (χ4v) is 4.60. The first-order valence-electron chi connectivity index (χ1n) is 13.2. The van der Waals surface area contributed by atoms with Crippen LogP contribution in [0.1, 0.15) is 17.5 Å². The van der Waals surface area contributed by atoms with Crippen LogP contribution in [0.3, 0.4) is 0 Å². The molecular weight excluding hydrogens is 502 g/mol. The first-order valence-corrected chi connectivity index (χ1v) is 13.6. The zero-order chi connectivity index (χ0) is 26.9. The third-order valence-corrected chi connectivity index (χ3v) is 7.15. The summed E-state index contributed by atoms with van der Waals surface area (Å²) in [5.41, 5.74) is 2.40. The highest BCUT2D eigenvalue weighted by atomic mass is 35.5. The number of hydrogen-bond acceptors (Lipinski definition) is 9. The standard InChI is InChI=1S/C28H38ClN7O2/c1-33(14-3-4-22-5-9-24(29)10-6-22)26-30-27(34(2)15-13-23-7-11-25(38)12-8-23)32-28(31-26)36-18-16-35(17-19-36)20-21-37/h5-12,37-38H,3-4,13-21H2,1-2H3. The van der Waals surface area contributed by atoms with Gasteiger partial charge in [-0.2, -0.15) is 15.0 Å². The molecule has 3 aromatic rings. The van der Waals surface area contributed by atoms with Crippen LogP contribution in [0.2, 0.25) is 5.02 Å². The van der Waals surface area contributed by atoms with Gasteiger partial charge in [-0.1, -0.05) is 35.9 Å². The number of aliphatic hydroxyl groups excluding tert-OH is 1. The van der Waals surface area contributed by atoms with Crippen LogP contribution in [-0.4, -0.2) is 96.6 Å². The molecule has 10 heteroatoms. The van der Waals surface area contributed by atoms with Crippen LogP contribution in [0.5, 0.6) is 5.75 Å². The maximum Gasteiger partial charge on any atom is 0.232 e. The summed E-state index contributed by atoms with van der Waals surface area (Å²) in [5, 5.41) is 19.6. The molecule has 204 valence electrons. The van der Waals surface area contributed by atoms with Gasteiger partial charge in [-0.15, -0.1) is 0 Å². The Bertz CT molecular complexity index is 1140. The Kier molecular flexibility index (Phi) is 9.98. The van der Waals surface area contributed by atoms with Crippen molar-refractivity contribution in [3.05, 3.63) is 64.7 Å². The highest BCUT2D eigenvalue weighted by molar-refractivity contribution is 6.30. The maximum atomic E-state index is 9.57. The third-order valence-electron chi connectivity index (χ3n) is 6.90. The summed E-state index contributed by atoms with van der Waals surface area (Å²) in [4.78, 5) is 23.2. The van der Waals surface area contributed by atoms with Crippen LogP contribution in [0.15, 0.2) is 48.5 Å². The first kappa shape index (κ1) is 27.9. The molecular formula is C28H38ClN7O2. The predicted octanol–water partition coefficient (Wildman–Crippen LogP) is 3.09. The second kappa shape index (κ2) is 13.6. The van der Waals surface area contributed by atoms with Gasteiger partial charge in [0.2, 0.25) is 17.8 Å². The summed E-state index contributed by atoms with van der Waals surface area (Å²) in [6, 6.07) is 15.3. The summed E-state index contributed by atoms with van der Waals surface area (Å²) in [5.74, 6) is 2.27. The van der Waals surface area contributed by atoms with Crippen molar-refractivity contribution in [2.45, 2.75) is 19.3 Å². The number of anilines is 3. The van der Waals surface area contributed by atoms with Crippen LogP contribution < -0.4 is 14.7 Å². The molecule has 0 radical (unpaired) electrons. The molecule has 9 nitrogen and oxygen atoms in total. The molecule has 0 amide bonds. The number of phenols is 1. The monoisotopic (exact) mass is 539 g/mol. The number of aliphatic hydroxyl groups is 1. The molecule has 1 aliphatic rings. The van der Waals surface area contributed by atoms with E-state index in [1.807, 2.05) is 38.4 Å². The Balaban J connectivity index is 1.46. The van der Waals surface area contributed by atoms with Crippen molar-refractivity contribution < 1.29 is 10.2 Å². The van der Waals surface area contributed by atoms with E-state index >= 15 is 0 Å². The molecule has 0 spiro atoms. The van der Waals surface area contributed by atoms with Crippen molar-refractivity contribution in [3.63, 3.8) is 0 Å². The molecule has 1 aliphatic heterocycles. The fraction of sp³-hybridized carbons (Fsp3) is 0.464. The molecule has 0 bridgehead atoms. The minimum Gasteiger partial charge on any atom is -0.508 e. The van der Waals surface area contributed by atoms with Gasteiger partial charge in [0.25, 0.3) is 0 Å². The number of aromatic nitrogens is 3. The molecule has 0 aliphatic carbocycles. The Morgan fingerprint density at radius 2 is 1.37 bits per heavy atom. The molecule has 2 N–H and O–H groups in total. The number of benzene rings is 2. The summed E-state index contributed by atoms with van der Waals surface area (Å²) in [7, 11) is 4.03. The topological polar surface area (TPSA) is 92.1 Å². The van der Waals surface area contributed by atoms with E-state index in [0.29, 0.717) is 24.4 Å². The highest BCUT2D eigenvalue weighted by Gasteiger charge is 2.22. The molecule has 0 saturated carbocycles. The second-order valence-corrected chi connectivity index (χ2v) is 10.2. The Hall–Kier alpha value is -3.14. The molecule has 0 unspecified atom stereocenters. The van der Waals surface area contributed by atoms with Crippen molar-refractivity contribution in [2.24, 2.45) is 0 Å². The maximum absolute atomic E-state index is 9.57. The molecule has 2 heterocycles. The van der Waals surface area contributed by atoms with E-state index in [4.69, 9.17) is 26.6 Å². The minimum atomic E-state index is 0.173. The van der Waals surface area contributed by atoms with E-state index in [1.54, 1.807) is 12.1 Å². The molecule has 1 saturated heterocycles. The predicted molar refractivity (Wildman–Crippen MR) is 154 cm³/mol.